The van der Waals surface area contributed by atoms with E-state index in [0.717, 1.165) is 16.7 Å². The molecule has 144 valence electrons. The first-order valence-electron chi connectivity index (χ1n) is 9.31. The van der Waals surface area contributed by atoms with Gasteiger partial charge in [-0.2, -0.15) is 0 Å². The number of nitrogens with one attached hydrogen (secondary N) is 1. The number of amides is 2. The van der Waals surface area contributed by atoms with Crippen molar-refractivity contribution in [2.75, 3.05) is 6.54 Å². The molecular weight excluding hydrogens is 360 g/mol. The van der Waals surface area contributed by atoms with Gasteiger partial charge >= 0.3 is 0 Å². The third kappa shape index (κ3) is 6.10. The first-order chi connectivity index (χ1) is 12.9. The van der Waals surface area contributed by atoms with Crippen molar-refractivity contribution in [1.82, 2.24) is 10.2 Å². The van der Waals surface area contributed by atoms with Crippen LogP contribution in [0.25, 0.3) is 0 Å². The predicted octanol–water partition coefficient (Wildman–Crippen LogP) is 4.13. The molecule has 0 spiro atoms. The van der Waals surface area contributed by atoms with Crippen LogP contribution in [0, 0.1) is 6.92 Å². The molecule has 27 heavy (non-hydrogen) atoms. The third-order valence-corrected chi connectivity index (χ3v) is 4.69. The second-order valence-electron chi connectivity index (χ2n) is 6.63. The standard InChI is InChI=1S/C22H27ClN2O2/c1-4-20(22(27)24-5-2)25(15-17-9-11-19(23)12-10-17)21(26)14-18-8-6-7-16(3)13-18/h6-13,20H,4-5,14-15H2,1-3H3,(H,24,27)/t20-/m1/s1. The molecule has 2 rings (SSSR count). The zero-order valence-corrected chi connectivity index (χ0v) is 16.9. The second-order valence-corrected chi connectivity index (χ2v) is 7.07. The number of nitrogens with zero attached hydrogens (tertiary/aromatic N) is 1. The maximum absolute atomic E-state index is 13.1. The Labute approximate surface area is 166 Å². The van der Waals surface area contributed by atoms with Crippen molar-refractivity contribution in [3.8, 4) is 0 Å². The molecule has 0 saturated carbocycles. The number of halogens is 1. The van der Waals surface area contributed by atoms with E-state index in [0.29, 0.717) is 24.5 Å². The Morgan fingerprint density at radius 3 is 2.37 bits per heavy atom. The molecule has 1 atom stereocenters. The van der Waals surface area contributed by atoms with Crippen LogP contribution in [-0.2, 0) is 22.6 Å². The molecule has 0 saturated heterocycles. The number of aryl methyl sites for hydroxylation is 1. The Morgan fingerprint density at radius 1 is 1.07 bits per heavy atom. The van der Waals surface area contributed by atoms with Crippen molar-refractivity contribution in [3.05, 3.63) is 70.2 Å². The lowest BCUT2D eigenvalue weighted by molar-refractivity contribution is -0.140. The lowest BCUT2D eigenvalue weighted by atomic mass is 10.1. The van der Waals surface area contributed by atoms with E-state index in [1.54, 1.807) is 17.0 Å². The molecule has 0 unspecified atom stereocenters. The summed E-state index contributed by atoms with van der Waals surface area (Å²) in [4.78, 5) is 27.3. The zero-order valence-electron chi connectivity index (χ0n) is 16.2. The first kappa shape index (κ1) is 21.0. The van der Waals surface area contributed by atoms with Gasteiger partial charge in [0, 0.05) is 18.1 Å². The van der Waals surface area contributed by atoms with Crippen LogP contribution in [0.3, 0.4) is 0 Å². The van der Waals surface area contributed by atoms with Gasteiger partial charge in [-0.3, -0.25) is 9.59 Å². The van der Waals surface area contributed by atoms with E-state index in [4.69, 9.17) is 11.6 Å². The Balaban J connectivity index is 2.27. The fourth-order valence-corrected chi connectivity index (χ4v) is 3.22. The number of likely N-dealkylation sites (N-methyl/N-ethyl adjacent to an activating group) is 1. The molecule has 4 nitrogen and oxygen atoms in total. The van der Waals surface area contributed by atoms with E-state index in [1.807, 2.05) is 57.2 Å². The van der Waals surface area contributed by atoms with Gasteiger partial charge in [-0.15, -0.1) is 0 Å². The maximum atomic E-state index is 13.1. The van der Waals surface area contributed by atoms with Gasteiger partial charge in [0.05, 0.1) is 6.42 Å². The van der Waals surface area contributed by atoms with Gasteiger partial charge < -0.3 is 10.2 Å². The van der Waals surface area contributed by atoms with E-state index in [2.05, 4.69) is 5.32 Å². The maximum Gasteiger partial charge on any atom is 0.242 e. The van der Waals surface area contributed by atoms with Crippen LogP contribution in [0.15, 0.2) is 48.5 Å². The zero-order chi connectivity index (χ0) is 19.8. The molecule has 2 aromatic rings. The van der Waals surface area contributed by atoms with E-state index < -0.39 is 6.04 Å². The SMILES string of the molecule is CCNC(=O)[C@@H](CC)N(Cc1ccc(Cl)cc1)C(=O)Cc1cccc(C)c1. The van der Waals surface area contributed by atoms with Gasteiger partial charge in [0.2, 0.25) is 11.8 Å². The summed E-state index contributed by atoms with van der Waals surface area (Å²) < 4.78 is 0. The Morgan fingerprint density at radius 2 is 1.78 bits per heavy atom. The molecule has 0 aliphatic heterocycles. The highest BCUT2D eigenvalue weighted by Gasteiger charge is 2.28. The molecule has 0 fully saturated rings. The van der Waals surface area contributed by atoms with E-state index in [-0.39, 0.29) is 18.2 Å². The molecule has 0 bridgehead atoms. The first-order valence-corrected chi connectivity index (χ1v) is 9.69. The molecule has 2 aromatic carbocycles. The molecule has 1 N–H and O–H groups in total. The summed E-state index contributed by atoms with van der Waals surface area (Å²) in [5, 5.41) is 3.49. The van der Waals surface area contributed by atoms with Crippen molar-refractivity contribution in [1.29, 1.82) is 0 Å². The van der Waals surface area contributed by atoms with Crippen LogP contribution in [-0.4, -0.2) is 29.3 Å². The molecule has 0 aliphatic rings. The summed E-state index contributed by atoms with van der Waals surface area (Å²) in [6, 6.07) is 14.8. The monoisotopic (exact) mass is 386 g/mol. The lowest BCUT2D eigenvalue weighted by Crippen LogP contribution is -2.49. The molecule has 0 heterocycles. The molecule has 0 aromatic heterocycles. The number of rotatable bonds is 8. The van der Waals surface area contributed by atoms with Crippen LogP contribution in [0.4, 0.5) is 0 Å². The molecular formula is C22H27ClN2O2. The van der Waals surface area contributed by atoms with Crippen LogP contribution >= 0.6 is 11.6 Å². The fraction of sp³-hybridized carbons (Fsp3) is 0.364. The molecule has 5 heteroatoms. The van der Waals surface area contributed by atoms with Gasteiger partial charge in [-0.25, -0.2) is 0 Å². The summed E-state index contributed by atoms with van der Waals surface area (Å²) in [6.07, 6.45) is 0.824. The number of carbonyl (C=O) groups excluding carboxylic acids is 2. The highest BCUT2D eigenvalue weighted by molar-refractivity contribution is 6.30. The summed E-state index contributed by atoms with van der Waals surface area (Å²) in [7, 11) is 0. The molecule has 2 amide bonds. The van der Waals surface area contributed by atoms with Crippen molar-refractivity contribution in [3.63, 3.8) is 0 Å². The summed E-state index contributed by atoms with van der Waals surface area (Å²) in [5.74, 6) is -0.180. The number of hydrogen-bond donors (Lipinski definition) is 1. The molecule has 0 aliphatic carbocycles. The number of hydrogen-bond acceptors (Lipinski definition) is 2. The Hall–Kier alpha value is -2.33. The topological polar surface area (TPSA) is 49.4 Å². The van der Waals surface area contributed by atoms with Gasteiger partial charge in [0.25, 0.3) is 0 Å². The average molecular weight is 387 g/mol. The number of carbonyl (C=O) groups is 2. The Bertz CT molecular complexity index is 774. The fourth-order valence-electron chi connectivity index (χ4n) is 3.10. The summed E-state index contributed by atoms with van der Waals surface area (Å²) in [5.41, 5.74) is 3.01. The highest BCUT2D eigenvalue weighted by atomic mass is 35.5. The van der Waals surface area contributed by atoms with E-state index in [9.17, 15) is 9.59 Å². The van der Waals surface area contributed by atoms with Gasteiger partial charge in [-0.1, -0.05) is 60.5 Å². The lowest BCUT2D eigenvalue weighted by Gasteiger charge is -2.30. The summed E-state index contributed by atoms with van der Waals surface area (Å²) >= 11 is 5.97. The Kier molecular flexibility index (Phi) is 7.86. The van der Waals surface area contributed by atoms with Crippen molar-refractivity contribution in [2.45, 2.75) is 46.2 Å². The van der Waals surface area contributed by atoms with Crippen LogP contribution in [0.1, 0.15) is 37.0 Å². The largest absolute Gasteiger partial charge is 0.355 e. The average Bonchev–Trinajstić information content (AvgIpc) is 2.63. The quantitative estimate of drug-likeness (QED) is 0.741. The van der Waals surface area contributed by atoms with E-state index >= 15 is 0 Å². The highest BCUT2D eigenvalue weighted by Crippen LogP contribution is 2.17. The number of benzene rings is 2. The normalized spacial score (nSPS) is 11.7. The third-order valence-electron chi connectivity index (χ3n) is 4.44. The van der Waals surface area contributed by atoms with Crippen molar-refractivity contribution >= 4 is 23.4 Å². The van der Waals surface area contributed by atoms with Gasteiger partial charge in [0.15, 0.2) is 0 Å². The predicted molar refractivity (Wildman–Crippen MR) is 110 cm³/mol. The second kappa shape index (κ2) is 10.1. The van der Waals surface area contributed by atoms with Gasteiger partial charge in [0.1, 0.15) is 6.04 Å². The van der Waals surface area contributed by atoms with Crippen LogP contribution < -0.4 is 5.32 Å². The van der Waals surface area contributed by atoms with Crippen LogP contribution in [0.2, 0.25) is 5.02 Å². The minimum absolute atomic E-state index is 0.0614. The minimum Gasteiger partial charge on any atom is -0.355 e. The van der Waals surface area contributed by atoms with Gasteiger partial charge in [-0.05, 0) is 43.5 Å². The molecule has 0 radical (unpaired) electrons. The smallest absolute Gasteiger partial charge is 0.242 e. The van der Waals surface area contributed by atoms with Crippen molar-refractivity contribution in [2.24, 2.45) is 0 Å². The van der Waals surface area contributed by atoms with Crippen LogP contribution in [0.5, 0.6) is 0 Å². The van der Waals surface area contributed by atoms with E-state index in [1.165, 1.54) is 0 Å². The van der Waals surface area contributed by atoms with Crippen molar-refractivity contribution < 1.29 is 9.59 Å². The minimum atomic E-state index is -0.502. The summed E-state index contributed by atoms with van der Waals surface area (Å²) in [6.45, 7) is 6.72.